The Bertz CT molecular complexity index is 1730. The first-order valence-electron chi connectivity index (χ1n) is 14.1. The molecular weight excluding hydrogens is 589 g/mol. The quantitative estimate of drug-likeness (QED) is 0.108. The summed E-state index contributed by atoms with van der Waals surface area (Å²) < 4.78 is 15.5. The summed E-state index contributed by atoms with van der Waals surface area (Å²) in [5, 5.41) is 20.1. The number of aryl methyl sites for hydroxylation is 2. The molecule has 0 saturated carbocycles. The Kier molecular flexibility index (Phi) is 8.99. The predicted octanol–water partition coefficient (Wildman–Crippen LogP) is 7.70. The van der Waals surface area contributed by atoms with Crippen LogP contribution in [0.15, 0.2) is 107 Å². The van der Waals surface area contributed by atoms with Crippen molar-refractivity contribution in [3.63, 3.8) is 0 Å². The van der Waals surface area contributed by atoms with Crippen LogP contribution in [0.5, 0.6) is 11.5 Å². The van der Waals surface area contributed by atoms with Gasteiger partial charge in [0.2, 0.25) is 0 Å². The van der Waals surface area contributed by atoms with E-state index in [4.69, 9.17) is 9.47 Å². The lowest BCUT2D eigenvalue weighted by Gasteiger charge is -2.13. The topological polar surface area (TPSA) is 79.9 Å². The molecule has 222 valence electrons. The smallest absolute Gasteiger partial charge is 0.196 e. The molecule has 8 nitrogen and oxygen atoms in total. The average molecular weight is 621 g/mol. The van der Waals surface area contributed by atoms with Gasteiger partial charge < -0.3 is 9.47 Å². The second kappa shape index (κ2) is 13.4. The van der Waals surface area contributed by atoms with E-state index in [2.05, 4.69) is 91.9 Å². The van der Waals surface area contributed by atoms with Crippen LogP contribution in [-0.4, -0.2) is 55.3 Å². The van der Waals surface area contributed by atoms with E-state index in [1.807, 2.05) is 48.5 Å². The van der Waals surface area contributed by atoms with Gasteiger partial charge in [-0.15, -0.1) is 20.4 Å². The van der Waals surface area contributed by atoms with Gasteiger partial charge in [0.15, 0.2) is 22.0 Å². The zero-order chi connectivity index (χ0) is 30.5. The third kappa shape index (κ3) is 6.09. The Morgan fingerprint density at radius 3 is 1.30 bits per heavy atom. The minimum atomic E-state index is 0.738. The SMILES string of the molecule is COc1ccccc1-c1nnc(SCCSc2nnc(-c3ccccc3OC)n2-c2ccc(C)cc2)n1-c1ccc(C)cc1. The summed E-state index contributed by atoms with van der Waals surface area (Å²) in [6.07, 6.45) is 0. The number of rotatable bonds is 11. The zero-order valence-corrected chi connectivity index (χ0v) is 26.6. The van der Waals surface area contributed by atoms with E-state index in [1.165, 1.54) is 11.1 Å². The largest absolute Gasteiger partial charge is 0.496 e. The zero-order valence-electron chi connectivity index (χ0n) is 25.0. The summed E-state index contributed by atoms with van der Waals surface area (Å²) in [6.45, 7) is 4.16. The molecule has 0 aliphatic rings. The minimum Gasteiger partial charge on any atom is -0.496 e. The summed E-state index contributed by atoms with van der Waals surface area (Å²) >= 11 is 3.31. The van der Waals surface area contributed by atoms with Crippen molar-refractivity contribution in [2.24, 2.45) is 0 Å². The van der Waals surface area contributed by atoms with Gasteiger partial charge in [-0.3, -0.25) is 9.13 Å². The van der Waals surface area contributed by atoms with Crippen molar-refractivity contribution in [3.8, 4) is 45.6 Å². The third-order valence-corrected chi connectivity index (χ3v) is 9.21. The molecule has 44 heavy (non-hydrogen) atoms. The predicted molar refractivity (Wildman–Crippen MR) is 178 cm³/mol. The number of aromatic nitrogens is 6. The second-order valence-corrected chi connectivity index (χ2v) is 12.2. The van der Waals surface area contributed by atoms with Gasteiger partial charge in [0.25, 0.3) is 0 Å². The maximum absolute atomic E-state index is 5.65. The number of benzene rings is 4. The highest BCUT2D eigenvalue weighted by molar-refractivity contribution is 8.02. The standard InChI is InChI=1S/C34H32N6O2S2/c1-23-13-17-25(18-14-23)39-31(27-9-5-7-11-29(27)41-3)35-37-33(39)43-21-22-44-34-38-36-32(28-10-6-8-12-30(28)42-4)40(34)26-19-15-24(2)16-20-26/h5-20H,21-22H2,1-4H3. The van der Waals surface area contributed by atoms with Crippen LogP contribution < -0.4 is 9.47 Å². The molecule has 0 unspecified atom stereocenters. The highest BCUT2D eigenvalue weighted by Crippen LogP contribution is 2.36. The van der Waals surface area contributed by atoms with Crippen molar-refractivity contribution in [1.29, 1.82) is 0 Å². The highest BCUT2D eigenvalue weighted by atomic mass is 32.2. The lowest BCUT2D eigenvalue weighted by atomic mass is 10.1. The molecular formula is C34H32N6O2S2. The molecule has 0 fully saturated rings. The van der Waals surface area contributed by atoms with Crippen molar-refractivity contribution in [2.45, 2.75) is 24.2 Å². The Labute approximate surface area is 265 Å². The minimum absolute atomic E-state index is 0.738. The van der Waals surface area contributed by atoms with Gasteiger partial charge in [-0.2, -0.15) is 0 Å². The Hall–Kier alpha value is -4.54. The van der Waals surface area contributed by atoms with Gasteiger partial charge in [0.05, 0.1) is 25.3 Å². The molecule has 0 radical (unpaired) electrons. The van der Waals surface area contributed by atoms with E-state index in [1.54, 1.807) is 37.7 Å². The van der Waals surface area contributed by atoms with Crippen molar-refractivity contribution in [2.75, 3.05) is 25.7 Å². The summed E-state index contributed by atoms with van der Waals surface area (Å²) in [6, 6.07) is 32.6. The van der Waals surface area contributed by atoms with Crippen LogP contribution in [-0.2, 0) is 0 Å². The van der Waals surface area contributed by atoms with Crippen molar-refractivity contribution in [3.05, 3.63) is 108 Å². The van der Waals surface area contributed by atoms with Crippen LogP contribution in [0.4, 0.5) is 0 Å². The molecule has 0 atom stereocenters. The first kappa shape index (κ1) is 29.5. The van der Waals surface area contributed by atoms with Gasteiger partial charge in [0, 0.05) is 22.9 Å². The summed E-state index contributed by atoms with van der Waals surface area (Å²) in [5.41, 5.74) is 6.15. The average Bonchev–Trinajstić information content (AvgIpc) is 3.68. The molecule has 0 N–H and O–H groups in total. The molecule has 10 heteroatoms. The molecule has 6 rings (SSSR count). The van der Waals surface area contributed by atoms with Gasteiger partial charge in [-0.25, -0.2) is 0 Å². The maximum atomic E-state index is 5.65. The van der Waals surface area contributed by atoms with Crippen molar-refractivity contribution >= 4 is 23.5 Å². The van der Waals surface area contributed by atoms with Crippen LogP contribution in [0.25, 0.3) is 34.2 Å². The molecule has 2 heterocycles. The van der Waals surface area contributed by atoms with Gasteiger partial charge >= 0.3 is 0 Å². The summed E-state index contributed by atoms with van der Waals surface area (Å²) in [7, 11) is 3.35. The number of hydrogen-bond donors (Lipinski definition) is 0. The van der Waals surface area contributed by atoms with E-state index in [-0.39, 0.29) is 0 Å². The first-order chi connectivity index (χ1) is 21.6. The Morgan fingerprint density at radius 1 is 0.523 bits per heavy atom. The highest BCUT2D eigenvalue weighted by Gasteiger charge is 2.21. The number of para-hydroxylation sites is 2. The molecule has 0 bridgehead atoms. The number of methoxy groups -OCH3 is 2. The van der Waals surface area contributed by atoms with Crippen LogP contribution in [0.3, 0.4) is 0 Å². The van der Waals surface area contributed by atoms with E-state index in [0.29, 0.717) is 0 Å². The van der Waals surface area contributed by atoms with Gasteiger partial charge in [0.1, 0.15) is 11.5 Å². The molecule has 0 amide bonds. The number of thioether (sulfide) groups is 2. The number of ether oxygens (including phenoxy) is 2. The Balaban J connectivity index is 1.28. The Morgan fingerprint density at radius 2 is 0.909 bits per heavy atom. The van der Waals surface area contributed by atoms with Crippen molar-refractivity contribution < 1.29 is 9.47 Å². The maximum Gasteiger partial charge on any atom is 0.196 e. The molecule has 2 aromatic heterocycles. The number of nitrogens with zero attached hydrogens (tertiary/aromatic N) is 6. The fourth-order valence-corrected chi connectivity index (χ4v) is 6.72. The van der Waals surface area contributed by atoms with E-state index >= 15 is 0 Å². The molecule has 4 aromatic carbocycles. The molecule has 0 saturated heterocycles. The summed E-state index contributed by atoms with van der Waals surface area (Å²) in [4.78, 5) is 0. The normalized spacial score (nSPS) is 11.1. The van der Waals surface area contributed by atoms with Crippen LogP contribution >= 0.6 is 23.5 Å². The van der Waals surface area contributed by atoms with Crippen LogP contribution in [0.2, 0.25) is 0 Å². The lowest BCUT2D eigenvalue weighted by Crippen LogP contribution is -2.02. The van der Waals surface area contributed by atoms with Gasteiger partial charge in [-0.05, 0) is 62.4 Å². The van der Waals surface area contributed by atoms with Crippen molar-refractivity contribution in [1.82, 2.24) is 29.5 Å². The fourth-order valence-electron chi connectivity index (χ4n) is 4.85. The van der Waals surface area contributed by atoms with Crippen LogP contribution in [0.1, 0.15) is 11.1 Å². The monoisotopic (exact) mass is 620 g/mol. The second-order valence-electron chi connectivity index (χ2n) is 10.1. The fraction of sp³-hybridized carbons (Fsp3) is 0.176. The summed E-state index contributed by atoms with van der Waals surface area (Å²) in [5.74, 6) is 4.55. The third-order valence-electron chi connectivity index (χ3n) is 7.09. The van der Waals surface area contributed by atoms with Gasteiger partial charge in [-0.1, -0.05) is 83.2 Å². The van der Waals surface area contributed by atoms with E-state index in [9.17, 15) is 0 Å². The lowest BCUT2D eigenvalue weighted by molar-refractivity contribution is 0.416. The van der Waals surface area contributed by atoms with Crippen LogP contribution in [0, 0.1) is 13.8 Å². The van der Waals surface area contributed by atoms with E-state index < -0.39 is 0 Å². The number of hydrogen-bond acceptors (Lipinski definition) is 8. The molecule has 6 aromatic rings. The molecule has 0 aliphatic carbocycles. The van der Waals surface area contributed by atoms with E-state index in [0.717, 1.165) is 67.5 Å². The molecule has 0 spiro atoms. The first-order valence-corrected chi connectivity index (χ1v) is 16.1. The molecule has 0 aliphatic heterocycles.